The maximum Gasteiger partial charge on any atom is 0.315 e. The molecule has 1 aliphatic heterocycles. The molecule has 6 heteroatoms. The van der Waals surface area contributed by atoms with E-state index in [0.29, 0.717) is 6.54 Å². The van der Waals surface area contributed by atoms with Gasteiger partial charge in [0.15, 0.2) is 5.82 Å². The third-order valence-corrected chi connectivity index (χ3v) is 3.58. The second-order valence-electron chi connectivity index (χ2n) is 5.13. The van der Waals surface area contributed by atoms with Crippen LogP contribution in [0.2, 0.25) is 0 Å². The molecule has 0 saturated carbocycles. The van der Waals surface area contributed by atoms with Crippen LogP contribution in [0.15, 0.2) is 0 Å². The van der Waals surface area contributed by atoms with Crippen molar-refractivity contribution >= 4 is 6.03 Å². The lowest BCUT2D eigenvalue weighted by atomic mass is 10.2. The van der Waals surface area contributed by atoms with Gasteiger partial charge in [-0.3, -0.25) is 0 Å². The number of aromatic nitrogens is 3. The molecule has 2 rings (SSSR count). The van der Waals surface area contributed by atoms with Crippen molar-refractivity contribution in [3.63, 3.8) is 0 Å². The first kappa shape index (κ1) is 13.8. The highest BCUT2D eigenvalue weighted by Gasteiger charge is 2.15. The molecule has 0 aromatic carbocycles. The van der Waals surface area contributed by atoms with Gasteiger partial charge in [-0.25, -0.2) is 4.79 Å². The molecule has 0 aliphatic carbocycles. The molecule has 0 spiro atoms. The second-order valence-corrected chi connectivity index (χ2v) is 5.13. The van der Waals surface area contributed by atoms with Gasteiger partial charge in [0.1, 0.15) is 5.82 Å². The summed E-state index contributed by atoms with van der Waals surface area (Å²) in [4.78, 5) is 11.7. The molecule has 0 bridgehead atoms. The molecule has 6 nitrogen and oxygen atoms in total. The zero-order valence-electron chi connectivity index (χ0n) is 11.8. The number of hydrogen-bond donors (Lipinski definition) is 2. The Labute approximate surface area is 114 Å². The smallest absolute Gasteiger partial charge is 0.315 e. The molecule has 1 atom stereocenters. The third-order valence-electron chi connectivity index (χ3n) is 3.58. The number of aryl methyl sites for hydroxylation is 1. The number of urea groups is 1. The van der Waals surface area contributed by atoms with Crippen molar-refractivity contribution in [2.45, 2.75) is 65.1 Å². The Kier molecular flexibility index (Phi) is 4.76. The first-order valence-electron chi connectivity index (χ1n) is 7.16. The zero-order chi connectivity index (χ0) is 13.7. The van der Waals surface area contributed by atoms with Crippen LogP contribution in [-0.2, 0) is 19.5 Å². The van der Waals surface area contributed by atoms with Crippen molar-refractivity contribution in [3.8, 4) is 0 Å². The largest absolute Gasteiger partial charge is 0.336 e. The lowest BCUT2D eigenvalue weighted by molar-refractivity contribution is 0.236. The van der Waals surface area contributed by atoms with Gasteiger partial charge in [0.25, 0.3) is 0 Å². The molecule has 1 aromatic heterocycles. The Balaban J connectivity index is 1.89. The molecule has 0 fully saturated rings. The SMILES string of the molecule is CC[C@@H](C)NC(=O)NCc1nnc2n1CCCCC2. The molecule has 2 amide bonds. The summed E-state index contributed by atoms with van der Waals surface area (Å²) in [5.41, 5.74) is 0. The normalized spacial score (nSPS) is 16.3. The summed E-state index contributed by atoms with van der Waals surface area (Å²) >= 11 is 0. The van der Waals surface area contributed by atoms with Crippen molar-refractivity contribution < 1.29 is 4.79 Å². The highest BCUT2D eigenvalue weighted by Crippen LogP contribution is 2.14. The average Bonchev–Trinajstić information content (AvgIpc) is 2.63. The zero-order valence-corrected chi connectivity index (χ0v) is 11.8. The molecule has 1 aliphatic rings. The van der Waals surface area contributed by atoms with E-state index in [9.17, 15) is 4.79 Å². The van der Waals surface area contributed by atoms with Gasteiger partial charge < -0.3 is 15.2 Å². The molecule has 1 aromatic rings. The predicted molar refractivity (Wildman–Crippen MR) is 72.7 cm³/mol. The summed E-state index contributed by atoms with van der Waals surface area (Å²) in [5, 5.41) is 14.1. The summed E-state index contributed by atoms with van der Waals surface area (Å²) in [6.07, 6.45) is 5.50. The fourth-order valence-corrected chi connectivity index (χ4v) is 2.21. The van der Waals surface area contributed by atoms with Gasteiger partial charge in [0.05, 0.1) is 6.54 Å². The predicted octanol–water partition coefficient (Wildman–Crippen LogP) is 1.60. The van der Waals surface area contributed by atoms with E-state index < -0.39 is 0 Å². The average molecular weight is 265 g/mol. The van der Waals surface area contributed by atoms with Gasteiger partial charge in [-0.05, 0) is 26.2 Å². The minimum absolute atomic E-state index is 0.139. The summed E-state index contributed by atoms with van der Waals surface area (Å²) in [6.45, 7) is 5.44. The monoisotopic (exact) mass is 265 g/mol. The number of carbonyl (C=O) groups excluding carboxylic acids is 1. The maximum absolute atomic E-state index is 11.7. The van der Waals surface area contributed by atoms with Crippen molar-refractivity contribution in [3.05, 3.63) is 11.6 Å². The van der Waals surface area contributed by atoms with Crippen LogP contribution in [0.5, 0.6) is 0 Å². The Bertz CT molecular complexity index is 429. The van der Waals surface area contributed by atoms with Crippen LogP contribution in [0.25, 0.3) is 0 Å². The van der Waals surface area contributed by atoms with Crippen LogP contribution in [0.1, 0.15) is 51.2 Å². The molecular weight excluding hydrogens is 242 g/mol. The molecule has 0 unspecified atom stereocenters. The standard InChI is InChI=1S/C13H23N5O/c1-3-10(2)15-13(19)14-9-12-17-16-11-7-5-4-6-8-18(11)12/h10H,3-9H2,1-2H3,(H2,14,15,19)/t10-/m1/s1. The van der Waals surface area contributed by atoms with Crippen LogP contribution >= 0.6 is 0 Å². The highest BCUT2D eigenvalue weighted by molar-refractivity contribution is 5.74. The first-order chi connectivity index (χ1) is 9.20. The number of hydrogen-bond acceptors (Lipinski definition) is 3. The van der Waals surface area contributed by atoms with Gasteiger partial charge in [0.2, 0.25) is 0 Å². The number of amides is 2. The molecule has 2 heterocycles. The lowest BCUT2D eigenvalue weighted by Gasteiger charge is -2.12. The molecular formula is C13H23N5O. The Hall–Kier alpha value is -1.59. The summed E-state index contributed by atoms with van der Waals surface area (Å²) in [7, 11) is 0. The van der Waals surface area contributed by atoms with Crippen LogP contribution in [0.4, 0.5) is 4.79 Å². The first-order valence-corrected chi connectivity index (χ1v) is 7.16. The fraction of sp³-hybridized carbons (Fsp3) is 0.769. The topological polar surface area (TPSA) is 71.8 Å². The molecule has 0 saturated heterocycles. The fourth-order valence-electron chi connectivity index (χ4n) is 2.21. The summed E-state index contributed by atoms with van der Waals surface area (Å²) < 4.78 is 2.15. The number of nitrogens with zero attached hydrogens (tertiary/aromatic N) is 3. The van der Waals surface area contributed by atoms with Gasteiger partial charge >= 0.3 is 6.03 Å². The van der Waals surface area contributed by atoms with E-state index in [-0.39, 0.29) is 12.1 Å². The third kappa shape index (κ3) is 3.68. The molecule has 106 valence electrons. The van der Waals surface area contributed by atoms with E-state index in [1.165, 1.54) is 12.8 Å². The minimum atomic E-state index is -0.139. The Morgan fingerprint density at radius 1 is 1.37 bits per heavy atom. The number of rotatable bonds is 4. The van der Waals surface area contributed by atoms with E-state index >= 15 is 0 Å². The molecule has 2 N–H and O–H groups in total. The van der Waals surface area contributed by atoms with E-state index in [2.05, 4.69) is 25.4 Å². The van der Waals surface area contributed by atoms with Gasteiger partial charge in [-0.15, -0.1) is 10.2 Å². The number of fused-ring (bicyclic) bond motifs is 1. The van der Waals surface area contributed by atoms with E-state index in [4.69, 9.17) is 0 Å². The molecule has 0 radical (unpaired) electrons. The van der Waals surface area contributed by atoms with Gasteiger partial charge in [-0.1, -0.05) is 13.3 Å². The summed E-state index contributed by atoms with van der Waals surface area (Å²) in [6, 6.07) is 0.0517. The maximum atomic E-state index is 11.7. The Morgan fingerprint density at radius 2 is 2.21 bits per heavy atom. The van der Waals surface area contributed by atoms with Crippen molar-refractivity contribution in [1.82, 2.24) is 25.4 Å². The van der Waals surface area contributed by atoms with Crippen LogP contribution < -0.4 is 10.6 Å². The van der Waals surface area contributed by atoms with Gasteiger partial charge in [-0.2, -0.15) is 0 Å². The van der Waals surface area contributed by atoms with Crippen molar-refractivity contribution in [1.29, 1.82) is 0 Å². The van der Waals surface area contributed by atoms with E-state index in [0.717, 1.165) is 37.5 Å². The van der Waals surface area contributed by atoms with Crippen molar-refractivity contribution in [2.75, 3.05) is 0 Å². The Morgan fingerprint density at radius 3 is 3.00 bits per heavy atom. The van der Waals surface area contributed by atoms with Crippen LogP contribution in [-0.4, -0.2) is 26.8 Å². The lowest BCUT2D eigenvalue weighted by Crippen LogP contribution is -2.40. The van der Waals surface area contributed by atoms with E-state index in [1.54, 1.807) is 0 Å². The van der Waals surface area contributed by atoms with Gasteiger partial charge in [0, 0.05) is 19.0 Å². The highest BCUT2D eigenvalue weighted by atomic mass is 16.2. The minimum Gasteiger partial charge on any atom is -0.336 e. The molecule has 19 heavy (non-hydrogen) atoms. The quantitative estimate of drug-likeness (QED) is 0.868. The number of nitrogens with one attached hydrogen (secondary N) is 2. The van der Waals surface area contributed by atoms with Crippen LogP contribution in [0, 0.1) is 0 Å². The van der Waals surface area contributed by atoms with Crippen molar-refractivity contribution in [2.24, 2.45) is 0 Å². The van der Waals surface area contributed by atoms with E-state index in [1.807, 2.05) is 13.8 Å². The second kappa shape index (κ2) is 6.54. The summed E-state index contributed by atoms with van der Waals surface area (Å²) in [5.74, 6) is 1.91. The van der Waals surface area contributed by atoms with Crippen LogP contribution in [0.3, 0.4) is 0 Å². The number of carbonyl (C=O) groups is 1.